The molecule has 0 aliphatic heterocycles. The molecule has 0 aromatic carbocycles. The van der Waals surface area contributed by atoms with Gasteiger partial charge in [-0.2, -0.15) is 0 Å². The van der Waals surface area contributed by atoms with Gasteiger partial charge in [0.2, 0.25) is 0 Å². The molecule has 0 aliphatic carbocycles. The quantitative estimate of drug-likeness (QED) is 0.824. The Morgan fingerprint density at radius 3 is 2.50 bits per heavy atom. The molecule has 0 atom stereocenters. The molecule has 1 aromatic rings. The SMILES string of the molecule is Cl.Cl.NCCCc1ccccn1. The highest BCUT2D eigenvalue weighted by Crippen LogP contribution is 1.95. The molecule has 0 saturated carbocycles. The second-order valence-corrected chi connectivity index (χ2v) is 2.21. The number of rotatable bonds is 3. The molecule has 2 N–H and O–H groups in total. The van der Waals surface area contributed by atoms with Crippen molar-refractivity contribution in [2.24, 2.45) is 5.73 Å². The molecule has 1 heterocycles. The Bertz CT molecular complexity index is 180. The second-order valence-electron chi connectivity index (χ2n) is 2.21. The smallest absolute Gasteiger partial charge is 0.0404 e. The lowest BCUT2D eigenvalue weighted by Gasteiger charge is -1.95. The minimum Gasteiger partial charge on any atom is -0.330 e. The summed E-state index contributed by atoms with van der Waals surface area (Å²) in [6, 6.07) is 5.94. The van der Waals surface area contributed by atoms with E-state index in [-0.39, 0.29) is 24.8 Å². The molecule has 0 aliphatic rings. The van der Waals surface area contributed by atoms with Crippen molar-refractivity contribution in [3.8, 4) is 0 Å². The Morgan fingerprint density at radius 1 is 1.25 bits per heavy atom. The predicted octanol–water partition coefficient (Wildman–Crippen LogP) is 1.82. The van der Waals surface area contributed by atoms with Crippen LogP contribution in [-0.4, -0.2) is 11.5 Å². The first-order chi connectivity index (χ1) is 4.93. The third-order valence-corrected chi connectivity index (χ3v) is 1.36. The van der Waals surface area contributed by atoms with E-state index in [1.807, 2.05) is 24.4 Å². The van der Waals surface area contributed by atoms with Gasteiger partial charge in [0.05, 0.1) is 0 Å². The van der Waals surface area contributed by atoms with Crippen molar-refractivity contribution in [1.29, 1.82) is 0 Å². The van der Waals surface area contributed by atoms with E-state index in [9.17, 15) is 0 Å². The van der Waals surface area contributed by atoms with Crippen molar-refractivity contribution < 1.29 is 0 Å². The van der Waals surface area contributed by atoms with E-state index in [2.05, 4.69) is 4.98 Å². The Kier molecular flexibility index (Phi) is 10.4. The lowest BCUT2D eigenvalue weighted by atomic mass is 10.2. The van der Waals surface area contributed by atoms with Gasteiger partial charge in [-0.15, -0.1) is 24.8 Å². The number of hydrogen-bond donors (Lipinski definition) is 1. The largest absolute Gasteiger partial charge is 0.330 e. The number of aromatic nitrogens is 1. The number of nitrogens with zero attached hydrogens (tertiary/aromatic N) is 1. The normalized spacial score (nSPS) is 8.08. The van der Waals surface area contributed by atoms with Gasteiger partial charge in [-0.1, -0.05) is 6.07 Å². The summed E-state index contributed by atoms with van der Waals surface area (Å²) in [5, 5.41) is 0. The zero-order valence-corrected chi connectivity index (χ0v) is 8.40. The van der Waals surface area contributed by atoms with E-state index < -0.39 is 0 Å². The number of halogens is 2. The summed E-state index contributed by atoms with van der Waals surface area (Å²) >= 11 is 0. The lowest BCUT2D eigenvalue weighted by molar-refractivity contribution is 0.810. The molecule has 0 saturated heterocycles. The van der Waals surface area contributed by atoms with Crippen LogP contribution in [0.5, 0.6) is 0 Å². The summed E-state index contributed by atoms with van der Waals surface area (Å²) in [5.74, 6) is 0. The van der Waals surface area contributed by atoms with E-state index in [1.165, 1.54) is 0 Å². The van der Waals surface area contributed by atoms with Crippen molar-refractivity contribution in [2.45, 2.75) is 12.8 Å². The van der Waals surface area contributed by atoms with Crippen LogP contribution in [0, 0.1) is 0 Å². The van der Waals surface area contributed by atoms with Gasteiger partial charge >= 0.3 is 0 Å². The fourth-order valence-electron chi connectivity index (χ4n) is 0.829. The minimum atomic E-state index is 0. The molecule has 0 amide bonds. The topological polar surface area (TPSA) is 38.9 Å². The first-order valence-electron chi connectivity index (χ1n) is 3.53. The van der Waals surface area contributed by atoms with Gasteiger partial charge in [0, 0.05) is 11.9 Å². The van der Waals surface area contributed by atoms with Crippen LogP contribution in [0.2, 0.25) is 0 Å². The Hall–Kier alpha value is -0.310. The van der Waals surface area contributed by atoms with Crippen LogP contribution in [0.15, 0.2) is 24.4 Å². The summed E-state index contributed by atoms with van der Waals surface area (Å²) in [5.41, 5.74) is 6.48. The highest BCUT2D eigenvalue weighted by Gasteiger charge is 1.89. The average molecular weight is 209 g/mol. The molecule has 2 nitrogen and oxygen atoms in total. The van der Waals surface area contributed by atoms with E-state index in [0.29, 0.717) is 0 Å². The Morgan fingerprint density at radius 2 is 2.00 bits per heavy atom. The van der Waals surface area contributed by atoms with Crippen molar-refractivity contribution >= 4 is 24.8 Å². The standard InChI is InChI=1S/C8H12N2.2ClH/c9-6-3-5-8-4-1-2-7-10-8;;/h1-2,4,7H,3,5-6,9H2;2*1H. The molecule has 0 fully saturated rings. The Labute approximate surface area is 85.4 Å². The average Bonchev–Trinajstić information content (AvgIpc) is 2.03. The van der Waals surface area contributed by atoms with Gasteiger partial charge in [-0.3, -0.25) is 4.98 Å². The molecule has 1 rings (SSSR count). The molecular formula is C8H14Cl2N2. The fourth-order valence-corrected chi connectivity index (χ4v) is 0.829. The van der Waals surface area contributed by atoms with Crippen LogP contribution in [-0.2, 0) is 6.42 Å². The monoisotopic (exact) mass is 208 g/mol. The van der Waals surface area contributed by atoms with E-state index in [1.54, 1.807) is 0 Å². The molecule has 1 aromatic heterocycles. The van der Waals surface area contributed by atoms with Crippen LogP contribution in [0.4, 0.5) is 0 Å². The minimum absolute atomic E-state index is 0. The van der Waals surface area contributed by atoms with Gasteiger partial charge in [-0.05, 0) is 31.5 Å². The van der Waals surface area contributed by atoms with Gasteiger partial charge in [0.15, 0.2) is 0 Å². The number of aryl methyl sites for hydroxylation is 1. The highest BCUT2D eigenvalue weighted by atomic mass is 35.5. The highest BCUT2D eigenvalue weighted by molar-refractivity contribution is 5.85. The third kappa shape index (κ3) is 5.35. The summed E-state index contributed by atoms with van der Waals surface area (Å²) in [6.07, 6.45) is 3.83. The van der Waals surface area contributed by atoms with Crippen LogP contribution in [0.25, 0.3) is 0 Å². The molecule has 0 spiro atoms. The van der Waals surface area contributed by atoms with Gasteiger partial charge in [-0.25, -0.2) is 0 Å². The predicted molar refractivity (Wildman–Crippen MR) is 56.1 cm³/mol. The van der Waals surface area contributed by atoms with E-state index in [0.717, 1.165) is 25.1 Å². The summed E-state index contributed by atoms with van der Waals surface area (Å²) < 4.78 is 0. The molecule has 70 valence electrons. The maximum Gasteiger partial charge on any atom is 0.0404 e. The summed E-state index contributed by atoms with van der Waals surface area (Å²) in [6.45, 7) is 0.747. The van der Waals surface area contributed by atoms with Crippen molar-refractivity contribution in [3.05, 3.63) is 30.1 Å². The zero-order chi connectivity index (χ0) is 7.23. The van der Waals surface area contributed by atoms with Crippen molar-refractivity contribution in [2.75, 3.05) is 6.54 Å². The zero-order valence-electron chi connectivity index (χ0n) is 6.77. The molecule has 0 unspecified atom stereocenters. The van der Waals surface area contributed by atoms with E-state index in [4.69, 9.17) is 5.73 Å². The maximum absolute atomic E-state index is 5.35. The molecule has 12 heavy (non-hydrogen) atoms. The first-order valence-corrected chi connectivity index (χ1v) is 3.53. The van der Waals surface area contributed by atoms with Gasteiger partial charge in [0.25, 0.3) is 0 Å². The first kappa shape index (κ1) is 14.2. The van der Waals surface area contributed by atoms with Crippen molar-refractivity contribution in [3.63, 3.8) is 0 Å². The van der Waals surface area contributed by atoms with Crippen LogP contribution in [0.1, 0.15) is 12.1 Å². The van der Waals surface area contributed by atoms with E-state index >= 15 is 0 Å². The third-order valence-electron chi connectivity index (χ3n) is 1.36. The van der Waals surface area contributed by atoms with Gasteiger partial charge in [0.1, 0.15) is 0 Å². The molecular weight excluding hydrogens is 195 g/mol. The van der Waals surface area contributed by atoms with Gasteiger partial charge < -0.3 is 5.73 Å². The second kappa shape index (κ2) is 8.78. The maximum atomic E-state index is 5.35. The fraction of sp³-hybridized carbons (Fsp3) is 0.375. The lowest BCUT2D eigenvalue weighted by Crippen LogP contribution is -2.00. The van der Waals surface area contributed by atoms with Crippen molar-refractivity contribution in [1.82, 2.24) is 4.98 Å². The Balaban J connectivity index is 0. The summed E-state index contributed by atoms with van der Waals surface area (Å²) in [7, 11) is 0. The molecule has 4 heteroatoms. The molecule has 0 bridgehead atoms. The number of hydrogen-bond acceptors (Lipinski definition) is 2. The van der Waals surface area contributed by atoms with Crippen LogP contribution < -0.4 is 5.73 Å². The van der Waals surface area contributed by atoms with Crippen LogP contribution >= 0.6 is 24.8 Å². The molecule has 0 radical (unpaired) electrons. The summed E-state index contributed by atoms with van der Waals surface area (Å²) in [4.78, 5) is 4.16. The number of pyridine rings is 1. The van der Waals surface area contributed by atoms with Crippen LogP contribution in [0.3, 0.4) is 0 Å². The number of nitrogens with two attached hydrogens (primary N) is 1.